The van der Waals surface area contributed by atoms with Crippen LogP contribution in [0.1, 0.15) is 33.1 Å². The maximum absolute atomic E-state index is 4.43. The number of aromatic nitrogens is 2. The Balaban J connectivity index is 1.67. The Kier molecular flexibility index (Phi) is 5.05. The smallest absolute Gasteiger partial charge is 0.147 e. The largest absolute Gasteiger partial charge is 0.369 e. The van der Waals surface area contributed by atoms with E-state index in [2.05, 4.69) is 35.6 Å². The highest BCUT2D eigenvalue weighted by atomic mass is 15.3. The van der Waals surface area contributed by atoms with Gasteiger partial charge in [0.25, 0.3) is 0 Å². The van der Waals surface area contributed by atoms with Crippen LogP contribution in [0.5, 0.6) is 0 Å². The molecular weight excluding hydrogens is 224 g/mol. The molecule has 4 nitrogen and oxygen atoms in total. The van der Waals surface area contributed by atoms with E-state index in [1.165, 1.54) is 32.4 Å². The van der Waals surface area contributed by atoms with Crippen LogP contribution in [0.15, 0.2) is 12.3 Å². The molecule has 2 atom stereocenters. The first-order valence-electron chi connectivity index (χ1n) is 7.27. The molecule has 1 fully saturated rings. The summed E-state index contributed by atoms with van der Waals surface area (Å²) < 4.78 is 1.96. The van der Waals surface area contributed by atoms with Crippen molar-refractivity contribution in [3.8, 4) is 0 Å². The number of nitrogens with zero attached hydrogens (tertiary/aromatic N) is 2. The summed E-state index contributed by atoms with van der Waals surface area (Å²) in [4.78, 5) is 0. The minimum Gasteiger partial charge on any atom is -0.369 e. The average Bonchev–Trinajstić information content (AvgIpc) is 2.87. The zero-order valence-electron chi connectivity index (χ0n) is 11.7. The molecule has 1 aromatic heterocycles. The lowest BCUT2D eigenvalue weighted by molar-refractivity contribution is 0.272. The van der Waals surface area contributed by atoms with E-state index in [1.807, 2.05) is 10.9 Å². The molecule has 0 saturated carbocycles. The van der Waals surface area contributed by atoms with Gasteiger partial charge in [0.1, 0.15) is 5.82 Å². The monoisotopic (exact) mass is 250 g/mol. The normalized spacial score (nSPS) is 21.8. The fourth-order valence-electron chi connectivity index (χ4n) is 2.66. The summed E-state index contributed by atoms with van der Waals surface area (Å²) in [5.41, 5.74) is 0. The van der Waals surface area contributed by atoms with Gasteiger partial charge >= 0.3 is 0 Å². The Morgan fingerprint density at radius 3 is 3.17 bits per heavy atom. The first-order valence-corrected chi connectivity index (χ1v) is 7.27. The van der Waals surface area contributed by atoms with Crippen LogP contribution in [0.25, 0.3) is 0 Å². The van der Waals surface area contributed by atoms with Crippen LogP contribution in [0.3, 0.4) is 0 Å². The van der Waals surface area contributed by atoms with E-state index in [4.69, 9.17) is 0 Å². The van der Waals surface area contributed by atoms with Crippen LogP contribution in [0, 0.1) is 11.8 Å². The molecule has 2 heterocycles. The van der Waals surface area contributed by atoms with Gasteiger partial charge in [-0.3, -0.25) is 4.68 Å². The Morgan fingerprint density at radius 1 is 1.61 bits per heavy atom. The van der Waals surface area contributed by atoms with Crippen molar-refractivity contribution in [2.24, 2.45) is 11.8 Å². The molecular formula is C14H26N4. The van der Waals surface area contributed by atoms with Crippen LogP contribution in [-0.4, -0.2) is 29.4 Å². The van der Waals surface area contributed by atoms with Gasteiger partial charge in [0.15, 0.2) is 0 Å². The van der Waals surface area contributed by atoms with Crippen LogP contribution in [0.4, 0.5) is 5.82 Å². The highest BCUT2D eigenvalue weighted by molar-refractivity contribution is 5.31. The predicted octanol–water partition coefficient (Wildman–Crippen LogP) is 2.34. The van der Waals surface area contributed by atoms with E-state index in [0.717, 1.165) is 30.7 Å². The van der Waals surface area contributed by atoms with Gasteiger partial charge in [-0.1, -0.05) is 6.92 Å². The summed E-state index contributed by atoms with van der Waals surface area (Å²) in [6.07, 6.45) is 5.98. The number of hydrogen-bond donors (Lipinski definition) is 2. The minimum absolute atomic E-state index is 0.790. The van der Waals surface area contributed by atoms with E-state index < -0.39 is 0 Å². The molecule has 0 bridgehead atoms. The van der Waals surface area contributed by atoms with Gasteiger partial charge in [-0.05, 0) is 51.1 Å². The molecule has 2 rings (SSSR count). The second-order valence-electron chi connectivity index (χ2n) is 5.36. The maximum Gasteiger partial charge on any atom is 0.147 e. The average molecular weight is 250 g/mol. The zero-order chi connectivity index (χ0) is 12.8. The molecule has 0 spiro atoms. The van der Waals surface area contributed by atoms with Crippen molar-refractivity contribution in [2.75, 3.05) is 25.0 Å². The van der Waals surface area contributed by atoms with Crippen molar-refractivity contribution in [3.63, 3.8) is 0 Å². The van der Waals surface area contributed by atoms with Crippen molar-refractivity contribution in [1.82, 2.24) is 15.1 Å². The molecule has 0 amide bonds. The third-order valence-corrected chi connectivity index (χ3v) is 4.01. The van der Waals surface area contributed by atoms with Crippen molar-refractivity contribution in [1.29, 1.82) is 0 Å². The van der Waals surface area contributed by atoms with Crippen molar-refractivity contribution < 1.29 is 0 Å². The third-order valence-electron chi connectivity index (χ3n) is 4.01. The van der Waals surface area contributed by atoms with E-state index in [-0.39, 0.29) is 0 Å². The summed E-state index contributed by atoms with van der Waals surface area (Å²) in [5.74, 6) is 2.65. The minimum atomic E-state index is 0.790. The summed E-state index contributed by atoms with van der Waals surface area (Å²) in [6, 6.07) is 2.05. The molecule has 4 heteroatoms. The molecule has 2 N–H and O–H groups in total. The maximum atomic E-state index is 4.43. The van der Waals surface area contributed by atoms with E-state index in [9.17, 15) is 0 Å². The first-order chi connectivity index (χ1) is 8.79. The second-order valence-corrected chi connectivity index (χ2v) is 5.36. The standard InChI is InChI=1S/C14H26N4/c1-3-18-10-7-14(17-18)16-9-6-12(2)13-5-4-8-15-11-13/h7,10,12-13,15H,3-6,8-9,11H2,1-2H3,(H,16,17). The summed E-state index contributed by atoms with van der Waals surface area (Å²) in [5, 5.41) is 11.3. The highest BCUT2D eigenvalue weighted by Gasteiger charge is 2.19. The number of hydrogen-bond acceptors (Lipinski definition) is 3. The summed E-state index contributed by atoms with van der Waals surface area (Å²) >= 11 is 0. The molecule has 102 valence electrons. The Labute approximate surface area is 110 Å². The molecule has 1 aliphatic rings. The van der Waals surface area contributed by atoms with Gasteiger partial charge in [0.2, 0.25) is 0 Å². The van der Waals surface area contributed by atoms with Gasteiger partial charge in [0, 0.05) is 25.4 Å². The number of piperidine rings is 1. The molecule has 1 aliphatic heterocycles. The highest BCUT2D eigenvalue weighted by Crippen LogP contribution is 2.22. The summed E-state index contributed by atoms with van der Waals surface area (Å²) in [6.45, 7) is 8.85. The SMILES string of the molecule is CCn1ccc(NCCC(C)C2CCCNC2)n1. The van der Waals surface area contributed by atoms with Crippen LogP contribution in [0.2, 0.25) is 0 Å². The molecule has 1 aromatic rings. The molecule has 1 saturated heterocycles. The van der Waals surface area contributed by atoms with Crippen molar-refractivity contribution in [2.45, 2.75) is 39.7 Å². The van der Waals surface area contributed by atoms with E-state index in [0.29, 0.717) is 0 Å². The Bertz CT molecular complexity index is 341. The van der Waals surface area contributed by atoms with Gasteiger partial charge < -0.3 is 10.6 Å². The fourth-order valence-corrected chi connectivity index (χ4v) is 2.66. The second kappa shape index (κ2) is 6.78. The lowest BCUT2D eigenvalue weighted by atomic mass is 9.85. The van der Waals surface area contributed by atoms with Crippen molar-refractivity contribution >= 4 is 5.82 Å². The van der Waals surface area contributed by atoms with E-state index in [1.54, 1.807) is 0 Å². The fraction of sp³-hybridized carbons (Fsp3) is 0.786. The quantitative estimate of drug-likeness (QED) is 0.814. The number of aryl methyl sites for hydroxylation is 1. The van der Waals surface area contributed by atoms with Gasteiger partial charge in [0.05, 0.1) is 0 Å². The topological polar surface area (TPSA) is 41.9 Å². The van der Waals surface area contributed by atoms with Crippen LogP contribution in [-0.2, 0) is 6.54 Å². The Hall–Kier alpha value is -1.03. The predicted molar refractivity (Wildman–Crippen MR) is 75.8 cm³/mol. The van der Waals surface area contributed by atoms with Crippen LogP contribution < -0.4 is 10.6 Å². The summed E-state index contributed by atoms with van der Waals surface area (Å²) in [7, 11) is 0. The molecule has 0 aliphatic carbocycles. The van der Waals surface area contributed by atoms with Gasteiger partial charge in [-0.15, -0.1) is 0 Å². The van der Waals surface area contributed by atoms with E-state index >= 15 is 0 Å². The number of rotatable bonds is 6. The zero-order valence-corrected chi connectivity index (χ0v) is 11.7. The van der Waals surface area contributed by atoms with Gasteiger partial charge in [-0.2, -0.15) is 5.10 Å². The molecule has 18 heavy (non-hydrogen) atoms. The molecule has 0 aromatic carbocycles. The lowest BCUT2D eigenvalue weighted by Gasteiger charge is -2.28. The van der Waals surface area contributed by atoms with Crippen molar-refractivity contribution in [3.05, 3.63) is 12.3 Å². The Morgan fingerprint density at radius 2 is 2.50 bits per heavy atom. The van der Waals surface area contributed by atoms with Gasteiger partial charge in [-0.25, -0.2) is 0 Å². The first kappa shape index (κ1) is 13.4. The third kappa shape index (κ3) is 3.73. The molecule has 0 radical (unpaired) electrons. The molecule has 2 unspecified atom stereocenters. The van der Waals surface area contributed by atoms with Crippen LogP contribution >= 0.6 is 0 Å². The lowest BCUT2D eigenvalue weighted by Crippen LogP contribution is -2.33. The number of nitrogens with one attached hydrogen (secondary N) is 2. The number of anilines is 1.